The summed E-state index contributed by atoms with van der Waals surface area (Å²) >= 11 is 1.92. The third kappa shape index (κ3) is 1.97. The lowest BCUT2D eigenvalue weighted by Gasteiger charge is -2.38. The summed E-state index contributed by atoms with van der Waals surface area (Å²) in [5, 5.41) is 0. The maximum absolute atomic E-state index is 13.0. The Morgan fingerprint density at radius 3 is 2.59 bits per heavy atom. The molecule has 2 amide bonds. The van der Waals surface area contributed by atoms with E-state index in [1.165, 1.54) is 10.5 Å². The molecule has 0 aromatic heterocycles. The van der Waals surface area contributed by atoms with Crippen molar-refractivity contribution in [1.29, 1.82) is 0 Å². The summed E-state index contributed by atoms with van der Waals surface area (Å²) in [6.07, 6.45) is 2.97. The van der Waals surface area contributed by atoms with Crippen LogP contribution in [0.3, 0.4) is 0 Å². The third-order valence-corrected chi connectivity index (χ3v) is 6.52. The number of allylic oxidation sites excluding steroid dienone is 2. The molecule has 2 aliphatic heterocycles. The lowest BCUT2D eigenvalue weighted by molar-refractivity contribution is -0.122. The van der Waals surface area contributed by atoms with Crippen LogP contribution in [-0.2, 0) is 9.59 Å². The first-order chi connectivity index (χ1) is 10.7. The Bertz CT molecular complexity index is 654. The SMILES string of the molecule is C[C@@H]1CSC[C@@H]2C1=CC[C@@H]1C(=O)N(c3ccccc3)C(=O)[C@@H]12. The molecule has 0 spiro atoms. The van der Waals surface area contributed by atoms with Crippen molar-refractivity contribution in [2.75, 3.05) is 16.4 Å². The van der Waals surface area contributed by atoms with E-state index in [-0.39, 0.29) is 29.6 Å². The van der Waals surface area contributed by atoms with Gasteiger partial charge in [0, 0.05) is 11.7 Å². The lowest BCUT2D eigenvalue weighted by atomic mass is 9.71. The number of imide groups is 1. The van der Waals surface area contributed by atoms with Crippen molar-refractivity contribution in [3.63, 3.8) is 0 Å². The first-order valence-electron chi connectivity index (χ1n) is 7.89. The predicted molar refractivity (Wildman–Crippen MR) is 88.6 cm³/mol. The van der Waals surface area contributed by atoms with Gasteiger partial charge in [0.15, 0.2) is 0 Å². The van der Waals surface area contributed by atoms with Crippen molar-refractivity contribution in [3.8, 4) is 0 Å². The molecule has 0 saturated carbocycles. The number of hydrogen-bond donors (Lipinski definition) is 0. The van der Waals surface area contributed by atoms with Crippen molar-refractivity contribution >= 4 is 29.3 Å². The molecule has 1 aromatic rings. The van der Waals surface area contributed by atoms with E-state index in [0.717, 1.165) is 17.9 Å². The molecule has 0 radical (unpaired) electrons. The van der Waals surface area contributed by atoms with Crippen LogP contribution in [0.15, 0.2) is 42.0 Å². The smallest absolute Gasteiger partial charge is 0.238 e. The number of benzene rings is 1. The molecule has 114 valence electrons. The van der Waals surface area contributed by atoms with Gasteiger partial charge in [-0.3, -0.25) is 14.5 Å². The summed E-state index contributed by atoms with van der Waals surface area (Å²) in [5.41, 5.74) is 2.13. The van der Waals surface area contributed by atoms with Crippen LogP contribution in [0, 0.1) is 23.7 Å². The molecule has 3 aliphatic rings. The summed E-state index contributed by atoms with van der Waals surface area (Å²) in [5.74, 6) is 2.56. The minimum atomic E-state index is -0.160. The number of carbonyl (C=O) groups excluding carboxylic acids is 2. The van der Waals surface area contributed by atoms with Gasteiger partial charge in [-0.25, -0.2) is 0 Å². The zero-order chi connectivity index (χ0) is 15.3. The van der Waals surface area contributed by atoms with Crippen LogP contribution < -0.4 is 4.90 Å². The molecule has 2 fully saturated rings. The van der Waals surface area contributed by atoms with E-state index >= 15 is 0 Å². The minimum absolute atomic E-state index is 0.00602. The zero-order valence-corrected chi connectivity index (χ0v) is 13.4. The molecule has 0 N–H and O–H groups in total. The topological polar surface area (TPSA) is 37.4 Å². The number of nitrogens with zero attached hydrogens (tertiary/aromatic N) is 1. The second-order valence-corrected chi connectivity index (χ2v) is 7.54. The Hall–Kier alpha value is -1.55. The molecule has 0 unspecified atom stereocenters. The van der Waals surface area contributed by atoms with E-state index in [0.29, 0.717) is 11.6 Å². The van der Waals surface area contributed by atoms with Gasteiger partial charge in [0.1, 0.15) is 0 Å². The quantitative estimate of drug-likeness (QED) is 0.590. The van der Waals surface area contributed by atoms with Crippen LogP contribution in [0.25, 0.3) is 0 Å². The molecule has 4 rings (SSSR count). The Morgan fingerprint density at radius 1 is 1.05 bits per heavy atom. The summed E-state index contributed by atoms with van der Waals surface area (Å²) in [6.45, 7) is 2.24. The molecule has 3 nitrogen and oxygen atoms in total. The van der Waals surface area contributed by atoms with Gasteiger partial charge in [-0.15, -0.1) is 0 Å². The highest BCUT2D eigenvalue weighted by atomic mass is 32.2. The van der Waals surface area contributed by atoms with Crippen molar-refractivity contribution in [2.24, 2.45) is 23.7 Å². The molecule has 4 atom stereocenters. The first-order valence-corrected chi connectivity index (χ1v) is 9.04. The van der Waals surface area contributed by atoms with E-state index in [4.69, 9.17) is 0 Å². The van der Waals surface area contributed by atoms with Crippen LogP contribution in [0.5, 0.6) is 0 Å². The van der Waals surface area contributed by atoms with Gasteiger partial charge < -0.3 is 0 Å². The number of thioether (sulfide) groups is 1. The first kappa shape index (κ1) is 14.1. The molecule has 2 saturated heterocycles. The van der Waals surface area contributed by atoms with Gasteiger partial charge in [-0.2, -0.15) is 11.8 Å². The van der Waals surface area contributed by atoms with Gasteiger partial charge in [0.25, 0.3) is 0 Å². The molecule has 1 aromatic carbocycles. The number of hydrogen-bond acceptors (Lipinski definition) is 3. The number of fused-ring (bicyclic) bond motifs is 3. The Morgan fingerprint density at radius 2 is 1.82 bits per heavy atom. The van der Waals surface area contributed by atoms with Gasteiger partial charge in [0.2, 0.25) is 11.8 Å². The van der Waals surface area contributed by atoms with Crippen LogP contribution >= 0.6 is 11.8 Å². The molecule has 22 heavy (non-hydrogen) atoms. The summed E-state index contributed by atoms with van der Waals surface area (Å²) in [4.78, 5) is 27.2. The molecular formula is C18H19NO2S. The third-order valence-electron chi connectivity index (χ3n) is 5.19. The van der Waals surface area contributed by atoms with E-state index in [1.807, 2.05) is 42.1 Å². The van der Waals surface area contributed by atoms with Crippen LogP contribution in [-0.4, -0.2) is 23.3 Å². The van der Waals surface area contributed by atoms with Gasteiger partial charge in [0.05, 0.1) is 17.5 Å². The lowest BCUT2D eigenvalue weighted by Crippen LogP contribution is -2.37. The highest BCUT2D eigenvalue weighted by Crippen LogP contribution is 2.48. The van der Waals surface area contributed by atoms with Gasteiger partial charge in [-0.05, 0) is 30.2 Å². The normalized spacial score (nSPS) is 34.2. The monoisotopic (exact) mass is 313 g/mol. The predicted octanol–water partition coefficient (Wildman–Crippen LogP) is 3.12. The van der Waals surface area contributed by atoms with Gasteiger partial charge >= 0.3 is 0 Å². The largest absolute Gasteiger partial charge is 0.274 e. The van der Waals surface area contributed by atoms with Crippen LogP contribution in [0.4, 0.5) is 5.69 Å². The summed E-state index contributed by atoms with van der Waals surface area (Å²) < 4.78 is 0. The summed E-state index contributed by atoms with van der Waals surface area (Å²) in [6, 6.07) is 9.35. The van der Waals surface area contributed by atoms with Crippen LogP contribution in [0.1, 0.15) is 13.3 Å². The molecule has 0 bridgehead atoms. The van der Waals surface area contributed by atoms with Crippen molar-refractivity contribution in [2.45, 2.75) is 13.3 Å². The van der Waals surface area contributed by atoms with E-state index in [1.54, 1.807) is 0 Å². The average molecular weight is 313 g/mol. The Labute approximate surface area is 134 Å². The standard InChI is InChI=1S/C18H19NO2S/c1-11-9-22-10-15-13(11)7-8-14-16(15)18(21)19(17(14)20)12-5-3-2-4-6-12/h2-7,11,14-16H,8-10H2,1H3/t11-,14+,15-,16+/m1/s1. The van der Waals surface area contributed by atoms with E-state index in [2.05, 4.69) is 13.0 Å². The number of anilines is 1. The van der Waals surface area contributed by atoms with Crippen LogP contribution in [0.2, 0.25) is 0 Å². The van der Waals surface area contributed by atoms with Crippen molar-refractivity contribution < 1.29 is 9.59 Å². The summed E-state index contributed by atoms with van der Waals surface area (Å²) in [7, 11) is 0. The maximum Gasteiger partial charge on any atom is 0.238 e. The van der Waals surface area contributed by atoms with Gasteiger partial charge in [-0.1, -0.05) is 36.8 Å². The fourth-order valence-corrected chi connectivity index (χ4v) is 5.47. The average Bonchev–Trinajstić information content (AvgIpc) is 2.80. The number of amides is 2. The molecule has 4 heteroatoms. The maximum atomic E-state index is 13.0. The number of para-hydroxylation sites is 1. The number of carbonyl (C=O) groups is 2. The second kappa shape index (κ2) is 5.27. The highest BCUT2D eigenvalue weighted by molar-refractivity contribution is 7.99. The fraction of sp³-hybridized carbons (Fsp3) is 0.444. The molecule has 2 heterocycles. The van der Waals surface area contributed by atoms with E-state index in [9.17, 15) is 9.59 Å². The minimum Gasteiger partial charge on any atom is -0.274 e. The second-order valence-electron chi connectivity index (χ2n) is 6.46. The zero-order valence-electron chi connectivity index (χ0n) is 12.6. The highest BCUT2D eigenvalue weighted by Gasteiger charge is 2.54. The molecular weight excluding hydrogens is 294 g/mol. The van der Waals surface area contributed by atoms with Crippen molar-refractivity contribution in [1.82, 2.24) is 0 Å². The fourth-order valence-electron chi connectivity index (χ4n) is 4.14. The Balaban J connectivity index is 1.71. The van der Waals surface area contributed by atoms with E-state index < -0.39 is 0 Å². The number of rotatable bonds is 1. The Kier molecular flexibility index (Phi) is 3.37. The van der Waals surface area contributed by atoms with Crippen molar-refractivity contribution in [3.05, 3.63) is 42.0 Å². The molecule has 1 aliphatic carbocycles.